The Morgan fingerprint density at radius 3 is 2.71 bits per heavy atom. The van der Waals surface area contributed by atoms with Gasteiger partial charge in [0, 0.05) is 60.5 Å². The number of aromatic nitrogens is 3. The average Bonchev–Trinajstić information content (AvgIpc) is 3.31. The van der Waals surface area contributed by atoms with Crippen molar-refractivity contribution in [3.8, 4) is 0 Å². The van der Waals surface area contributed by atoms with Crippen molar-refractivity contribution in [1.82, 2.24) is 24.2 Å². The molecule has 6 nitrogen and oxygen atoms in total. The summed E-state index contributed by atoms with van der Waals surface area (Å²) in [7, 11) is 0. The van der Waals surface area contributed by atoms with E-state index in [0.29, 0.717) is 5.69 Å². The van der Waals surface area contributed by atoms with Gasteiger partial charge < -0.3 is 14.3 Å². The Balaban J connectivity index is 1.23. The first-order chi connectivity index (χ1) is 13.7. The van der Waals surface area contributed by atoms with Gasteiger partial charge in [0.15, 0.2) is 0 Å². The first-order valence-corrected chi connectivity index (χ1v) is 10.2. The van der Waals surface area contributed by atoms with Gasteiger partial charge in [0.05, 0.1) is 5.69 Å². The van der Waals surface area contributed by atoms with Crippen molar-refractivity contribution >= 4 is 38.4 Å². The number of carbonyl (C=O) groups is 1. The van der Waals surface area contributed by atoms with Gasteiger partial charge in [-0.3, -0.25) is 9.69 Å². The monoisotopic (exact) mass is 437 g/mol. The molecule has 0 saturated carbocycles. The fourth-order valence-corrected chi connectivity index (χ4v) is 4.14. The number of H-pyrrole nitrogens is 1. The minimum Gasteiger partial charge on any atom is -0.351 e. The van der Waals surface area contributed by atoms with Crippen LogP contribution in [0.25, 0.3) is 16.6 Å². The molecule has 3 aromatic heterocycles. The predicted octanol–water partition coefficient (Wildman–Crippen LogP) is 3.54. The number of piperazine rings is 1. The zero-order valence-corrected chi connectivity index (χ0v) is 16.9. The van der Waals surface area contributed by atoms with Gasteiger partial charge in [-0.1, -0.05) is 18.2 Å². The Morgan fingerprint density at radius 1 is 1.07 bits per heavy atom. The van der Waals surface area contributed by atoms with E-state index < -0.39 is 0 Å². The summed E-state index contributed by atoms with van der Waals surface area (Å²) in [4.78, 5) is 25.1. The number of nitrogens with one attached hydrogen (secondary N) is 1. The fraction of sp³-hybridized carbons (Fsp3) is 0.238. The topological polar surface area (TPSA) is 56.6 Å². The number of amides is 1. The van der Waals surface area contributed by atoms with Crippen LogP contribution in [0.5, 0.6) is 0 Å². The normalized spacial score (nSPS) is 15.5. The quantitative estimate of drug-likeness (QED) is 0.533. The maximum Gasteiger partial charge on any atom is 0.270 e. The van der Waals surface area contributed by atoms with Gasteiger partial charge >= 0.3 is 0 Å². The zero-order chi connectivity index (χ0) is 19.1. The van der Waals surface area contributed by atoms with E-state index in [-0.39, 0.29) is 5.91 Å². The van der Waals surface area contributed by atoms with Crippen LogP contribution in [-0.2, 0) is 6.54 Å². The molecule has 1 aliphatic heterocycles. The summed E-state index contributed by atoms with van der Waals surface area (Å²) in [5.74, 6) is 0.0773. The lowest BCUT2D eigenvalue weighted by molar-refractivity contribution is 0.0622. The molecule has 0 atom stereocenters. The molecule has 142 valence electrons. The molecule has 28 heavy (non-hydrogen) atoms. The van der Waals surface area contributed by atoms with Crippen LogP contribution in [0.3, 0.4) is 0 Å². The van der Waals surface area contributed by atoms with E-state index in [1.54, 1.807) is 0 Å². The van der Waals surface area contributed by atoms with Crippen molar-refractivity contribution in [3.63, 3.8) is 0 Å². The van der Waals surface area contributed by atoms with Gasteiger partial charge in [-0.05, 0) is 40.2 Å². The van der Waals surface area contributed by atoms with E-state index in [0.717, 1.165) is 59.4 Å². The minimum absolute atomic E-state index is 0.0773. The number of hydrogen-bond donors (Lipinski definition) is 1. The zero-order valence-electron chi connectivity index (χ0n) is 15.3. The highest BCUT2D eigenvalue weighted by Gasteiger charge is 2.23. The molecule has 7 heteroatoms. The summed E-state index contributed by atoms with van der Waals surface area (Å²) in [5, 5.41) is 1.07. The van der Waals surface area contributed by atoms with Crippen molar-refractivity contribution in [1.29, 1.82) is 0 Å². The average molecular weight is 438 g/mol. The highest BCUT2D eigenvalue weighted by atomic mass is 79.9. The molecule has 1 fully saturated rings. The molecular formula is C21H20BrN5O. The summed E-state index contributed by atoms with van der Waals surface area (Å²) >= 11 is 3.49. The molecule has 4 heterocycles. The Labute approximate surface area is 170 Å². The lowest BCUT2D eigenvalue weighted by Crippen LogP contribution is -2.48. The second-order valence-corrected chi connectivity index (χ2v) is 8.10. The van der Waals surface area contributed by atoms with E-state index in [4.69, 9.17) is 0 Å². The smallest absolute Gasteiger partial charge is 0.270 e. The highest BCUT2D eigenvalue weighted by molar-refractivity contribution is 9.10. The van der Waals surface area contributed by atoms with Gasteiger partial charge in [-0.15, -0.1) is 0 Å². The van der Waals surface area contributed by atoms with Crippen molar-refractivity contribution in [2.24, 2.45) is 0 Å². The lowest BCUT2D eigenvalue weighted by Gasteiger charge is -2.34. The number of nitrogens with zero attached hydrogens (tertiary/aromatic N) is 4. The molecule has 4 aromatic rings. The number of carbonyl (C=O) groups excluding carboxylic acids is 1. The summed E-state index contributed by atoms with van der Waals surface area (Å²) in [6.45, 7) is 3.96. The van der Waals surface area contributed by atoms with Crippen LogP contribution in [0, 0.1) is 0 Å². The van der Waals surface area contributed by atoms with Crippen molar-refractivity contribution in [3.05, 3.63) is 70.7 Å². The molecule has 0 radical (unpaired) electrons. The third-order valence-electron chi connectivity index (χ3n) is 5.27. The molecule has 1 aliphatic rings. The van der Waals surface area contributed by atoms with Crippen LogP contribution in [0.2, 0.25) is 0 Å². The molecule has 1 amide bonds. The number of aromatic amines is 1. The molecule has 5 rings (SSSR count). The summed E-state index contributed by atoms with van der Waals surface area (Å²) < 4.78 is 3.07. The number of para-hydroxylation sites is 1. The maximum absolute atomic E-state index is 12.8. The molecule has 0 aliphatic carbocycles. The van der Waals surface area contributed by atoms with Crippen LogP contribution in [0.4, 0.5) is 0 Å². The van der Waals surface area contributed by atoms with Gasteiger partial charge in [-0.25, -0.2) is 4.98 Å². The summed E-state index contributed by atoms with van der Waals surface area (Å²) in [5.41, 5.74) is 3.67. The number of imidazole rings is 1. The van der Waals surface area contributed by atoms with Crippen molar-refractivity contribution < 1.29 is 4.79 Å². The van der Waals surface area contributed by atoms with Crippen LogP contribution in [0.15, 0.2) is 59.3 Å². The Hall–Kier alpha value is -2.64. The summed E-state index contributed by atoms with van der Waals surface area (Å²) in [6, 6.07) is 13.9. The van der Waals surface area contributed by atoms with Crippen LogP contribution in [-0.4, -0.2) is 56.3 Å². The lowest BCUT2D eigenvalue weighted by atomic mass is 10.2. The number of halogens is 1. The van der Waals surface area contributed by atoms with E-state index in [1.165, 1.54) is 0 Å². The second kappa shape index (κ2) is 7.07. The summed E-state index contributed by atoms with van der Waals surface area (Å²) in [6.07, 6.45) is 4.09. The van der Waals surface area contributed by atoms with E-state index in [9.17, 15) is 4.79 Å². The van der Waals surface area contributed by atoms with Crippen LogP contribution < -0.4 is 0 Å². The van der Waals surface area contributed by atoms with E-state index >= 15 is 0 Å². The van der Waals surface area contributed by atoms with E-state index in [1.807, 2.05) is 58.0 Å². The molecular weight excluding hydrogens is 418 g/mol. The number of rotatable bonds is 3. The molecule has 1 N–H and O–H groups in total. The predicted molar refractivity (Wildman–Crippen MR) is 112 cm³/mol. The number of benzene rings is 1. The Morgan fingerprint density at radius 2 is 1.89 bits per heavy atom. The largest absolute Gasteiger partial charge is 0.351 e. The molecule has 0 spiro atoms. The first-order valence-electron chi connectivity index (χ1n) is 9.38. The second-order valence-electron chi connectivity index (χ2n) is 7.18. The molecule has 1 saturated heterocycles. The first kappa shape index (κ1) is 17.5. The SMILES string of the molecule is O=C(c1cc2ccccc2[nH]1)N1CCN(Cc2cn3cc(Br)ccc3n2)CC1. The highest BCUT2D eigenvalue weighted by Crippen LogP contribution is 2.18. The van der Waals surface area contributed by atoms with Crippen molar-refractivity contribution in [2.45, 2.75) is 6.54 Å². The number of hydrogen-bond acceptors (Lipinski definition) is 3. The third kappa shape index (κ3) is 3.31. The third-order valence-corrected chi connectivity index (χ3v) is 5.74. The van der Waals surface area contributed by atoms with Crippen LogP contribution in [0.1, 0.15) is 16.2 Å². The number of pyridine rings is 1. The van der Waals surface area contributed by atoms with E-state index in [2.05, 4.69) is 37.0 Å². The minimum atomic E-state index is 0.0773. The number of fused-ring (bicyclic) bond motifs is 2. The van der Waals surface area contributed by atoms with Gasteiger partial charge in [0.1, 0.15) is 11.3 Å². The Bertz CT molecular complexity index is 1120. The van der Waals surface area contributed by atoms with Gasteiger partial charge in [0.2, 0.25) is 0 Å². The van der Waals surface area contributed by atoms with Crippen molar-refractivity contribution in [2.75, 3.05) is 26.2 Å². The fourth-order valence-electron chi connectivity index (χ4n) is 3.79. The maximum atomic E-state index is 12.8. The van der Waals surface area contributed by atoms with Crippen LogP contribution >= 0.6 is 15.9 Å². The van der Waals surface area contributed by atoms with Gasteiger partial charge in [-0.2, -0.15) is 0 Å². The van der Waals surface area contributed by atoms with Gasteiger partial charge in [0.25, 0.3) is 5.91 Å². The standard InChI is InChI=1S/C21H20BrN5O/c22-16-5-6-20-23-17(14-27(20)12-16)13-25-7-9-26(10-8-25)21(28)19-11-15-3-1-2-4-18(15)24-19/h1-6,11-12,14,24H,7-10,13H2. The molecule has 0 bridgehead atoms. The molecule has 0 unspecified atom stereocenters. The molecule has 1 aromatic carbocycles. The Kier molecular flexibility index (Phi) is 4.41.